The molecule has 1 fully saturated rings. The van der Waals surface area contributed by atoms with Gasteiger partial charge in [-0.3, -0.25) is 4.99 Å². The van der Waals surface area contributed by atoms with E-state index >= 15 is 0 Å². The van der Waals surface area contributed by atoms with Crippen LogP contribution in [0.4, 0.5) is 4.39 Å². The fourth-order valence-corrected chi connectivity index (χ4v) is 4.28. The second-order valence-electron chi connectivity index (χ2n) is 7.99. The van der Waals surface area contributed by atoms with E-state index in [2.05, 4.69) is 17.6 Å². The van der Waals surface area contributed by atoms with Gasteiger partial charge in [0.2, 0.25) is 0 Å². The van der Waals surface area contributed by atoms with Gasteiger partial charge in [-0.25, -0.2) is 4.39 Å². The molecule has 2 N–H and O–H groups in total. The van der Waals surface area contributed by atoms with Crippen LogP contribution in [-0.2, 0) is 22.5 Å². The van der Waals surface area contributed by atoms with Gasteiger partial charge >= 0.3 is 0 Å². The van der Waals surface area contributed by atoms with Crippen molar-refractivity contribution in [3.63, 3.8) is 0 Å². The largest absolute Gasteiger partial charge is 0.467 e. The van der Waals surface area contributed by atoms with Crippen molar-refractivity contribution >= 4 is 5.96 Å². The van der Waals surface area contributed by atoms with Crippen molar-refractivity contribution in [2.45, 2.75) is 52.1 Å². The second-order valence-corrected chi connectivity index (χ2v) is 7.99. The summed E-state index contributed by atoms with van der Waals surface area (Å²) in [4.78, 5) is 4.87. The molecule has 6 nitrogen and oxygen atoms in total. The third-order valence-electron chi connectivity index (χ3n) is 5.86. The standard InChI is InChI=1S/C22H34FN3O3/c1-3-24-21(26-15-22(9-11-27-2)7-4-5-8-22)25-10-6-17-12-19(23)13-18-14-28-16-29-20(17)18/h12-13H,3-11,14-16H2,1-2H3,(H2,24,25,26). The first-order chi connectivity index (χ1) is 14.2. The number of guanidine groups is 1. The highest BCUT2D eigenvalue weighted by molar-refractivity contribution is 5.79. The first-order valence-corrected chi connectivity index (χ1v) is 10.7. The van der Waals surface area contributed by atoms with E-state index in [1.807, 2.05) is 0 Å². The van der Waals surface area contributed by atoms with Crippen LogP contribution in [-0.4, -0.2) is 46.1 Å². The molecule has 2 aliphatic rings. The van der Waals surface area contributed by atoms with Crippen molar-refractivity contribution in [2.24, 2.45) is 10.4 Å². The first kappa shape index (κ1) is 21.8. The highest BCUT2D eigenvalue weighted by Crippen LogP contribution is 2.41. The minimum atomic E-state index is -0.255. The number of halogens is 1. The van der Waals surface area contributed by atoms with Gasteiger partial charge in [0.25, 0.3) is 0 Å². The Morgan fingerprint density at radius 1 is 1.28 bits per heavy atom. The predicted molar refractivity (Wildman–Crippen MR) is 112 cm³/mol. The Morgan fingerprint density at radius 3 is 2.86 bits per heavy atom. The third-order valence-corrected chi connectivity index (χ3v) is 5.86. The summed E-state index contributed by atoms with van der Waals surface area (Å²) in [5.41, 5.74) is 1.89. The van der Waals surface area contributed by atoms with Gasteiger partial charge in [-0.15, -0.1) is 0 Å². The molecule has 0 spiro atoms. The van der Waals surface area contributed by atoms with Crippen LogP contribution in [0.15, 0.2) is 17.1 Å². The van der Waals surface area contributed by atoms with E-state index in [0.717, 1.165) is 49.0 Å². The predicted octanol–water partition coefficient (Wildman–Crippen LogP) is 3.39. The van der Waals surface area contributed by atoms with Crippen molar-refractivity contribution < 1.29 is 18.6 Å². The lowest BCUT2D eigenvalue weighted by Gasteiger charge is -2.27. The molecule has 7 heteroatoms. The van der Waals surface area contributed by atoms with Crippen LogP contribution in [0, 0.1) is 11.2 Å². The number of benzene rings is 1. The molecule has 0 saturated heterocycles. The van der Waals surface area contributed by atoms with Crippen LogP contribution < -0.4 is 15.4 Å². The lowest BCUT2D eigenvalue weighted by molar-refractivity contribution is -0.0172. The van der Waals surface area contributed by atoms with Crippen LogP contribution in [0.25, 0.3) is 0 Å². The van der Waals surface area contributed by atoms with Crippen molar-refractivity contribution in [1.82, 2.24) is 10.6 Å². The van der Waals surface area contributed by atoms with Gasteiger partial charge in [0.1, 0.15) is 11.6 Å². The Balaban J connectivity index is 1.60. The average Bonchev–Trinajstić information content (AvgIpc) is 3.19. The van der Waals surface area contributed by atoms with Crippen molar-refractivity contribution in [2.75, 3.05) is 40.1 Å². The molecular weight excluding hydrogens is 373 g/mol. The van der Waals surface area contributed by atoms with Gasteiger partial charge in [0.15, 0.2) is 12.8 Å². The monoisotopic (exact) mass is 407 g/mol. The van der Waals surface area contributed by atoms with E-state index in [-0.39, 0.29) is 18.0 Å². The SMILES string of the molecule is CCNC(=NCC1(CCOC)CCCC1)NCCc1cc(F)cc2c1OCOC2. The maximum atomic E-state index is 13.9. The lowest BCUT2D eigenvalue weighted by atomic mass is 9.83. The zero-order valence-corrected chi connectivity index (χ0v) is 17.7. The highest BCUT2D eigenvalue weighted by atomic mass is 19.1. The van der Waals surface area contributed by atoms with Crippen LogP contribution in [0.2, 0.25) is 0 Å². The van der Waals surface area contributed by atoms with Gasteiger partial charge in [0, 0.05) is 38.9 Å². The van der Waals surface area contributed by atoms with Gasteiger partial charge in [-0.1, -0.05) is 12.8 Å². The number of nitrogens with one attached hydrogen (secondary N) is 2. The molecule has 0 radical (unpaired) electrons. The normalized spacial score (nSPS) is 18.2. The maximum Gasteiger partial charge on any atom is 0.191 e. The minimum Gasteiger partial charge on any atom is -0.467 e. The van der Waals surface area contributed by atoms with Gasteiger partial charge < -0.3 is 24.8 Å². The fourth-order valence-electron chi connectivity index (χ4n) is 4.28. The zero-order valence-electron chi connectivity index (χ0n) is 17.7. The van der Waals surface area contributed by atoms with E-state index in [1.54, 1.807) is 13.2 Å². The molecule has 0 amide bonds. The molecule has 29 heavy (non-hydrogen) atoms. The van der Waals surface area contributed by atoms with E-state index < -0.39 is 0 Å². The van der Waals surface area contributed by atoms with Gasteiger partial charge in [-0.05, 0) is 55.7 Å². The molecule has 0 atom stereocenters. The minimum absolute atomic E-state index is 0.215. The second kappa shape index (κ2) is 10.8. The zero-order chi connectivity index (χ0) is 20.5. The molecule has 162 valence electrons. The number of nitrogens with zero attached hydrogens (tertiary/aromatic N) is 1. The lowest BCUT2D eigenvalue weighted by Crippen LogP contribution is -2.39. The molecule has 0 aromatic heterocycles. The molecule has 3 rings (SSSR count). The van der Waals surface area contributed by atoms with Crippen LogP contribution in [0.5, 0.6) is 5.75 Å². The fraction of sp³-hybridized carbons (Fsp3) is 0.682. The van der Waals surface area contributed by atoms with Gasteiger partial charge in [0.05, 0.1) is 6.61 Å². The summed E-state index contributed by atoms with van der Waals surface area (Å²) in [5, 5.41) is 6.71. The molecule has 1 aromatic carbocycles. The van der Waals surface area contributed by atoms with E-state index in [1.165, 1.54) is 31.7 Å². The number of aliphatic imine (C=N–C) groups is 1. The molecular formula is C22H34FN3O3. The number of hydrogen-bond donors (Lipinski definition) is 2. The molecule has 1 aliphatic heterocycles. The Bertz CT molecular complexity index is 690. The average molecular weight is 408 g/mol. The Hall–Kier alpha value is -1.86. The molecule has 0 bridgehead atoms. The Morgan fingerprint density at radius 2 is 2.10 bits per heavy atom. The number of methoxy groups -OCH3 is 1. The molecule has 1 saturated carbocycles. The molecule has 1 aliphatic carbocycles. The summed E-state index contributed by atoms with van der Waals surface area (Å²) in [6.45, 7) is 5.71. The Labute approximate surface area is 173 Å². The first-order valence-electron chi connectivity index (χ1n) is 10.7. The maximum absolute atomic E-state index is 13.9. The number of fused-ring (bicyclic) bond motifs is 1. The summed E-state index contributed by atoms with van der Waals surface area (Å²) in [6, 6.07) is 3.03. The van der Waals surface area contributed by atoms with Crippen molar-refractivity contribution in [1.29, 1.82) is 0 Å². The number of rotatable bonds is 9. The molecule has 1 heterocycles. The smallest absolute Gasteiger partial charge is 0.191 e. The Kier molecular flexibility index (Phi) is 8.12. The molecule has 1 aromatic rings. The van der Waals surface area contributed by atoms with Crippen molar-refractivity contribution in [3.8, 4) is 5.75 Å². The van der Waals surface area contributed by atoms with Crippen LogP contribution >= 0.6 is 0 Å². The summed E-state index contributed by atoms with van der Waals surface area (Å²) in [7, 11) is 1.76. The highest BCUT2D eigenvalue weighted by Gasteiger charge is 2.33. The summed E-state index contributed by atoms with van der Waals surface area (Å²) >= 11 is 0. The topological polar surface area (TPSA) is 64.1 Å². The van der Waals surface area contributed by atoms with Crippen molar-refractivity contribution in [3.05, 3.63) is 29.1 Å². The molecule has 0 unspecified atom stereocenters. The van der Waals surface area contributed by atoms with Crippen LogP contribution in [0.1, 0.15) is 50.2 Å². The van der Waals surface area contributed by atoms with E-state index in [4.69, 9.17) is 19.2 Å². The summed E-state index contributed by atoms with van der Waals surface area (Å²) in [5.74, 6) is 1.31. The summed E-state index contributed by atoms with van der Waals surface area (Å²) < 4.78 is 30.1. The van der Waals surface area contributed by atoms with Crippen LogP contribution in [0.3, 0.4) is 0 Å². The van der Waals surface area contributed by atoms with E-state index in [9.17, 15) is 4.39 Å². The van der Waals surface area contributed by atoms with E-state index in [0.29, 0.717) is 19.6 Å². The summed E-state index contributed by atoms with van der Waals surface area (Å²) in [6.07, 6.45) is 6.69. The third kappa shape index (κ3) is 6.06. The number of ether oxygens (including phenoxy) is 3. The quantitative estimate of drug-likeness (QED) is 0.485. The number of hydrogen-bond acceptors (Lipinski definition) is 4. The van der Waals surface area contributed by atoms with Gasteiger partial charge in [-0.2, -0.15) is 0 Å².